The van der Waals surface area contributed by atoms with Crippen LogP contribution in [0.4, 0.5) is 10.9 Å². The third kappa shape index (κ3) is 4.05. The van der Waals surface area contributed by atoms with E-state index < -0.39 is 0 Å². The fraction of sp³-hybridized carbons (Fsp3) is 0.692. The lowest BCUT2D eigenvalue weighted by Crippen LogP contribution is -2.29. The van der Waals surface area contributed by atoms with Crippen molar-refractivity contribution in [1.82, 2.24) is 9.88 Å². The normalized spacial score (nSPS) is 18.2. The molecule has 1 fully saturated rings. The number of nitrogen functional groups attached to an aromatic ring is 1. The first-order valence-electron chi connectivity index (χ1n) is 6.93. The number of nitrogens with zero attached hydrogens (tertiary/aromatic N) is 2. The number of amides is 1. The fourth-order valence-corrected chi connectivity index (χ4v) is 3.23. The van der Waals surface area contributed by atoms with Gasteiger partial charge in [-0.2, -0.15) is 0 Å². The van der Waals surface area contributed by atoms with Crippen molar-refractivity contribution in [3.8, 4) is 0 Å². The molecule has 1 aromatic rings. The highest BCUT2D eigenvalue weighted by molar-refractivity contribution is 7.18. The topological polar surface area (TPSA) is 89.7 Å². The molecule has 1 unspecified atom stereocenters. The standard InChI is InChI=1S/C13H22N4O3S/c1-19-6-4-15-13-16-11(14)10(21-13)12(18)17-5-3-9(7-17)8-20-2/h9H,3-8,14H2,1-2H3,(H,15,16). The van der Waals surface area contributed by atoms with Crippen LogP contribution in [0.2, 0.25) is 0 Å². The van der Waals surface area contributed by atoms with Crippen LogP contribution in [-0.4, -0.2) is 62.9 Å². The van der Waals surface area contributed by atoms with Crippen molar-refractivity contribution in [2.45, 2.75) is 6.42 Å². The Hall–Kier alpha value is -1.38. The van der Waals surface area contributed by atoms with Gasteiger partial charge in [-0.15, -0.1) is 0 Å². The molecule has 8 heteroatoms. The summed E-state index contributed by atoms with van der Waals surface area (Å²) in [7, 11) is 3.32. The second-order valence-electron chi connectivity index (χ2n) is 5.01. The Balaban J connectivity index is 1.96. The van der Waals surface area contributed by atoms with Gasteiger partial charge in [0.2, 0.25) is 0 Å². The van der Waals surface area contributed by atoms with Gasteiger partial charge in [0.15, 0.2) is 5.13 Å². The van der Waals surface area contributed by atoms with Gasteiger partial charge in [-0.05, 0) is 6.42 Å². The molecule has 1 saturated heterocycles. The van der Waals surface area contributed by atoms with Crippen molar-refractivity contribution in [2.24, 2.45) is 5.92 Å². The molecule has 0 radical (unpaired) electrons. The van der Waals surface area contributed by atoms with Gasteiger partial charge in [-0.3, -0.25) is 4.79 Å². The minimum atomic E-state index is -0.0385. The minimum absolute atomic E-state index is 0.0385. The van der Waals surface area contributed by atoms with Crippen molar-refractivity contribution in [3.63, 3.8) is 0 Å². The quantitative estimate of drug-likeness (QED) is 0.727. The van der Waals surface area contributed by atoms with Crippen LogP contribution in [0.5, 0.6) is 0 Å². The molecule has 7 nitrogen and oxygen atoms in total. The zero-order chi connectivity index (χ0) is 15.2. The Morgan fingerprint density at radius 1 is 1.52 bits per heavy atom. The Labute approximate surface area is 128 Å². The van der Waals surface area contributed by atoms with Gasteiger partial charge >= 0.3 is 0 Å². The van der Waals surface area contributed by atoms with Crippen LogP contribution in [0.3, 0.4) is 0 Å². The first-order valence-corrected chi connectivity index (χ1v) is 7.74. The first kappa shape index (κ1) is 16.0. The van der Waals surface area contributed by atoms with E-state index in [1.807, 2.05) is 4.90 Å². The second kappa shape index (κ2) is 7.58. The van der Waals surface area contributed by atoms with Crippen LogP contribution in [0.25, 0.3) is 0 Å². The van der Waals surface area contributed by atoms with E-state index in [2.05, 4.69) is 10.3 Å². The molecule has 1 aliphatic heterocycles. The Morgan fingerprint density at radius 3 is 3.05 bits per heavy atom. The lowest BCUT2D eigenvalue weighted by molar-refractivity contribution is 0.0781. The SMILES string of the molecule is COCCNc1nc(N)c(C(=O)N2CCC(COC)C2)s1. The number of hydrogen-bond acceptors (Lipinski definition) is 7. The highest BCUT2D eigenvalue weighted by atomic mass is 32.1. The smallest absolute Gasteiger partial charge is 0.267 e. The molecule has 1 aromatic heterocycles. The second-order valence-corrected chi connectivity index (χ2v) is 6.01. The molecule has 3 N–H and O–H groups in total. The van der Waals surface area contributed by atoms with Gasteiger partial charge < -0.3 is 25.4 Å². The number of nitrogens with one attached hydrogen (secondary N) is 1. The average molecular weight is 314 g/mol. The van der Waals surface area contributed by atoms with Gasteiger partial charge in [0.1, 0.15) is 10.7 Å². The maximum absolute atomic E-state index is 12.5. The molecule has 0 spiro atoms. The molecule has 0 aromatic carbocycles. The van der Waals surface area contributed by atoms with E-state index >= 15 is 0 Å². The predicted molar refractivity (Wildman–Crippen MR) is 82.8 cm³/mol. The lowest BCUT2D eigenvalue weighted by atomic mass is 10.1. The number of carbonyl (C=O) groups is 1. The van der Waals surface area contributed by atoms with Gasteiger partial charge in [-0.1, -0.05) is 11.3 Å². The zero-order valence-electron chi connectivity index (χ0n) is 12.4. The van der Waals surface area contributed by atoms with Crippen LogP contribution in [0.15, 0.2) is 0 Å². The number of nitrogens with two attached hydrogens (primary N) is 1. The summed E-state index contributed by atoms with van der Waals surface area (Å²) < 4.78 is 10.1. The molecule has 1 amide bonds. The van der Waals surface area contributed by atoms with E-state index in [0.717, 1.165) is 19.5 Å². The van der Waals surface area contributed by atoms with Crippen LogP contribution in [0.1, 0.15) is 16.1 Å². The summed E-state index contributed by atoms with van der Waals surface area (Å²) in [5, 5.41) is 3.75. The van der Waals surface area contributed by atoms with E-state index in [1.54, 1.807) is 14.2 Å². The number of methoxy groups -OCH3 is 2. The first-order chi connectivity index (χ1) is 10.2. The largest absolute Gasteiger partial charge is 0.384 e. The van der Waals surface area contributed by atoms with Crippen molar-refractivity contribution in [2.75, 3.05) is 58.1 Å². The Morgan fingerprint density at radius 2 is 2.33 bits per heavy atom. The highest BCUT2D eigenvalue weighted by Crippen LogP contribution is 2.28. The summed E-state index contributed by atoms with van der Waals surface area (Å²) in [6.45, 7) is 3.36. The molecule has 0 aliphatic carbocycles. The summed E-state index contributed by atoms with van der Waals surface area (Å²) in [4.78, 5) is 19.0. The monoisotopic (exact) mass is 314 g/mol. The maximum Gasteiger partial charge on any atom is 0.267 e. The van der Waals surface area contributed by atoms with Crippen LogP contribution in [0, 0.1) is 5.92 Å². The number of ether oxygens (including phenoxy) is 2. The number of hydrogen-bond donors (Lipinski definition) is 2. The number of anilines is 2. The van der Waals surface area contributed by atoms with Crippen LogP contribution in [-0.2, 0) is 9.47 Å². The van der Waals surface area contributed by atoms with Gasteiger partial charge in [-0.25, -0.2) is 4.98 Å². The van der Waals surface area contributed by atoms with Gasteiger partial charge in [0.25, 0.3) is 5.91 Å². The van der Waals surface area contributed by atoms with E-state index in [0.29, 0.717) is 41.5 Å². The molecule has 0 saturated carbocycles. The highest BCUT2D eigenvalue weighted by Gasteiger charge is 2.29. The molecule has 0 bridgehead atoms. The maximum atomic E-state index is 12.5. The minimum Gasteiger partial charge on any atom is -0.384 e. The molecule has 21 heavy (non-hydrogen) atoms. The predicted octanol–water partition coefficient (Wildman–Crippen LogP) is 0.892. The summed E-state index contributed by atoms with van der Waals surface area (Å²) in [5.74, 6) is 0.663. The molecular weight excluding hydrogens is 292 g/mol. The third-order valence-corrected chi connectivity index (χ3v) is 4.42. The number of carbonyl (C=O) groups excluding carboxylic acids is 1. The van der Waals surface area contributed by atoms with E-state index in [1.165, 1.54) is 11.3 Å². The summed E-state index contributed by atoms with van der Waals surface area (Å²) in [5.41, 5.74) is 5.86. The fourth-order valence-electron chi connectivity index (χ4n) is 2.35. The number of thiazole rings is 1. The summed E-state index contributed by atoms with van der Waals surface area (Å²) >= 11 is 1.29. The Bertz CT molecular complexity index is 480. The van der Waals surface area contributed by atoms with Crippen molar-refractivity contribution in [3.05, 3.63) is 4.88 Å². The molecule has 1 aliphatic rings. The van der Waals surface area contributed by atoms with Gasteiger partial charge in [0, 0.05) is 39.8 Å². The molecule has 2 heterocycles. The van der Waals surface area contributed by atoms with Crippen molar-refractivity contribution < 1.29 is 14.3 Å². The van der Waals surface area contributed by atoms with Crippen LogP contribution < -0.4 is 11.1 Å². The van der Waals surface area contributed by atoms with Crippen LogP contribution >= 0.6 is 11.3 Å². The van der Waals surface area contributed by atoms with Gasteiger partial charge in [0.05, 0.1) is 13.2 Å². The van der Waals surface area contributed by atoms with E-state index in [-0.39, 0.29) is 5.91 Å². The molecule has 118 valence electrons. The van der Waals surface area contributed by atoms with E-state index in [9.17, 15) is 4.79 Å². The summed E-state index contributed by atoms with van der Waals surface area (Å²) in [6, 6.07) is 0. The molecule has 2 rings (SSSR count). The molecule has 1 atom stereocenters. The average Bonchev–Trinajstić information content (AvgIpc) is 3.06. The molecular formula is C13H22N4O3S. The number of rotatable bonds is 7. The number of aromatic nitrogens is 1. The van der Waals surface area contributed by atoms with Crippen molar-refractivity contribution in [1.29, 1.82) is 0 Å². The summed E-state index contributed by atoms with van der Waals surface area (Å²) in [6.07, 6.45) is 0.969. The lowest BCUT2D eigenvalue weighted by Gasteiger charge is -2.15. The van der Waals surface area contributed by atoms with Crippen molar-refractivity contribution >= 4 is 28.2 Å². The van der Waals surface area contributed by atoms with E-state index in [4.69, 9.17) is 15.2 Å². The Kier molecular flexibility index (Phi) is 5.77. The zero-order valence-corrected chi connectivity index (χ0v) is 13.2. The number of likely N-dealkylation sites (tertiary alicyclic amines) is 1. The third-order valence-electron chi connectivity index (χ3n) is 3.41.